The number of halogens is 2. The molecule has 0 fully saturated rings. The maximum Gasteiger partial charge on any atom is 0.387 e. The van der Waals surface area contributed by atoms with E-state index in [0.717, 1.165) is 5.69 Å². The van der Waals surface area contributed by atoms with Gasteiger partial charge < -0.3 is 4.74 Å². The van der Waals surface area contributed by atoms with Crippen LogP contribution >= 0.6 is 0 Å². The standard InChI is InChI=1S/C10H8F2N2O/c11-10(12)15-9-4-2-8(3-5-9)14-7-1-6-13-14/h1-7,10H. The minimum Gasteiger partial charge on any atom is -0.435 e. The second-order valence-electron chi connectivity index (χ2n) is 2.82. The van der Waals surface area contributed by atoms with Gasteiger partial charge in [-0.2, -0.15) is 13.9 Å². The molecule has 0 aliphatic rings. The number of rotatable bonds is 3. The van der Waals surface area contributed by atoms with Gasteiger partial charge in [-0.15, -0.1) is 0 Å². The first kappa shape index (κ1) is 9.64. The molecule has 3 nitrogen and oxygen atoms in total. The van der Waals surface area contributed by atoms with Crippen molar-refractivity contribution in [3.05, 3.63) is 42.7 Å². The van der Waals surface area contributed by atoms with Crippen molar-refractivity contribution < 1.29 is 13.5 Å². The predicted octanol–water partition coefficient (Wildman–Crippen LogP) is 2.47. The summed E-state index contributed by atoms with van der Waals surface area (Å²) in [7, 11) is 0. The second-order valence-corrected chi connectivity index (χ2v) is 2.82. The lowest BCUT2D eigenvalue weighted by Crippen LogP contribution is -2.02. The van der Waals surface area contributed by atoms with Crippen LogP contribution in [0.1, 0.15) is 0 Å². The summed E-state index contributed by atoms with van der Waals surface area (Å²) in [5, 5.41) is 4.00. The van der Waals surface area contributed by atoms with E-state index in [2.05, 4.69) is 9.84 Å². The van der Waals surface area contributed by atoms with E-state index in [1.165, 1.54) is 12.1 Å². The van der Waals surface area contributed by atoms with Gasteiger partial charge in [-0.3, -0.25) is 0 Å². The van der Waals surface area contributed by atoms with Crippen molar-refractivity contribution in [3.63, 3.8) is 0 Å². The van der Waals surface area contributed by atoms with Crippen LogP contribution in [0, 0.1) is 0 Å². The fourth-order valence-electron chi connectivity index (χ4n) is 1.20. The molecular formula is C10H8F2N2O. The van der Waals surface area contributed by atoms with Crippen LogP contribution in [0.15, 0.2) is 42.7 Å². The number of hydrogen-bond acceptors (Lipinski definition) is 2. The molecule has 0 amide bonds. The summed E-state index contributed by atoms with van der Waals surface area (Å²) in [6, 6.07) is 8.05. The summed E-state index contributed by atoms with van der Waals surface area (Å²) in [6.45, 7) is -2.79. The number of nitrogens with zero attached hydrogens (tertiary/aromatic N) is 2. The van der Waals surface area contributed by atoms with E-state index in [4.69, 9.17) is 0 Å². The average Bonchev–Trinajstić information content (AvgIpc) is 2.71. The number of ether oxygens (including phenoxy) is 1. The van der Waals surface area contributed by atoms with E-state index < -0.39 is 6.61 Å². The molecule has 0 bridgehead atoms. The Balaban J connectivity index is 2.17. The summed E-state index contributed by atoms with van der Waals surface area (Å²) >= 11 is 0. The summed E-state index contributed by atoms with van der Waals surface area (Å²) in [5.41, 5.74) is 0.793. The van der Waals surface area contributed by atoms with Crippen LogP contribution in [0.25, 0.3) is 5.69 Å². The molecule has 1 heterocycles. The summed E-state index contributed by atoms with van der Waals surface area (Å²) in [6.07, 6.45) is 3.41. The topological polar surface area (TPSA) is 27.1 Å². The molecule has 15 heavy (non-hydrogen) atoms. The summed E-state index contributed by atoms with van der Waals surface area (Å²) in [4.78, 5) is 0. The monoisotopic (exact) mass is 210 g/mol. The van der Waals surface area contributed by atoms with E-state index in [1.807, 2.05) is 0 Å². The highest BCUT2D eigenvalue weighted by molar-refractivity contribution is 5.36. The molecule has 0 unspecified atom stereocenters. The molecule has 0 saturated carbocycles. The number of alkyl halides is 2. The number of aromatic nitrogens is 2. The lowest BCUT2D eigenvalue weighted by atomic mass is 10.3. The third kappa shape index (κ3) is 2.31. The molecule has 1 aromatic carbocycles. The van der Waals surface area contributed by atoms with E-state index >= 15 is 0 Å². The van der Waals surface area contributed by atoms with E-state index in [9.17, 15) is 8.78 Å². The Bertz CT molecular complexity index is 411. The van der Waals surface area contributed by atoms with Crippen LogP contribution in [0.2, 0.25) is 0 Å². The molecule has 0 aliphatic carbocycles. The minimum atomic E-state index is -2.79. The fraction of sp³-hybridized carbons (Fsp3) is 0.100. The molecule has 0 aliphatic heterocycles. The highest BCUT2D eigenvalue weighted by Gasteiger charge is 2.03. The zero-order valence-corrected chi connectivity index (χ0v) is 7.68. The average molecular weight is 210 g/mol. The van der Waals surface area contributed by atoms with Crippen molar-refractivity contribution in [3.8, 4) is 11.4 Å². The molecule has 0 spiro atoms. The third-order valence-corrected chi connectivity index (χ3v) is 1.83. The Morgan fingerprint density at radius 1 is 1.20 bits per heavy atom. The maximum absolute atomic E-state index is 11.9. The van der Waals surface area contributed by atoms with Crippen molar-refractivity contribution in [1.82, 2.24) is 9.78 Å². The number of benzene rings is 1. The van der Waals surface area contributed by atoms with Gasteiger partial charge in [0.15, 0.2) is 0 Å². The van der Waals surface area contributed by atoms with Crippen LogP contribution < -0.4 is 4.74 Å². The summed E-state index contributed by atoms with van der Waals surface area (Å²) in [5.74, 6) is 0.140. The van der Waals surface area contributed by atoms with Gasteiger partial charge >= 0.3 is 6.61 Å². The van der Waals surface area contributed by atoms with Crippen molar-refractivity contribution in [1.29, 1.82) is 0 Å². The molecule has 0 saturated heterocycles. The lowest BCUT2D eigenvalue weighted by Gasteiger charge is -2.05. The van der Waals surface area contributed by atoms with E-state index in [-0.39, 0.29) is 5.75 Å². The normalized spacial score (nSPS) is 10.6. The van der Waals surface area contributed by atoms with Crippen molar-refractivity contribution in [2.24, 2.45) is 0 Å². The lowest BCUT2D eigenvalue weighted by molar-refractivity contribution is -0.0498. The van der Waals surface area contributed by atoms with Gasteiger partial charge in [-0.1, -0.05) is 0 Å². The molecule has 2 rings (SSSR count). The Morgan fingerprint density at radius 3 is 2.47 bits per heavy atom. The first-order valence-corrected chi connectivity index (χ1v) is 4.30. The molecular weight excluding hydrogens is 202 g/mol. The van der Waals surface area contributed by atoms with Gasteiger partial charge in [0.25, 0.3) is 0 Å². The highest BCUT2D eigenvalue weighted by Crippen LogP contribution is 2.16. The van der Waals surface area contributed by atoms with Crippen LogP contribution in [-0.2, 0) is 0 Å². The van der Waals surface area contributed by atoms with Gasteiger partial charge in [0.05, 0.1) is 5.69 Å². The molecule has 2 aromatic rings. The first-order valence-electron chi connectivity index (χ1n) is 4.30. The van der Waals surface area contributed by atoms with Crippen molar-refractivity contribution in [2.75, 3.05) is 0 Å². The van der Waals surface area contributed by atoms with Gasteiger partial charge in [-0.05, 0) is 30.3 Å². The van der Waals surface area contributed by atoms with Gasteiger partial charge in [0, 0.05) is 12.4 Å². The number of hydrogen-bond donors (Lipinski definition) is 0. The second kappa shape index (κ2) is 4.08. The van der Waals surface area contributed by atoms with Crippen molar-refractivity contribution in [2.45, 2.75) is 6.61 Å². The molecule has 5 heteroatoms. The molecule has 0 radical (unpaired) electrons. The first-order chi connectivity index (χ1) is 7.25. The van der Waals surface area contributed by atoms with Crippen LogP contribution in [0.3, 0.4) is 0 Å². The maximum atomic E-state index is 11.9. The van der Waals surface area contributed by atoms with Gasteiger partial charge in [0.1, 0.15) is 5.75 Å². The van der Waals surface area contributed by atoms with Crippen LogP contribution in [-0.4, -0.2) is 16.4 Å². The van der Waals surface area contributed by atoms with E-state index in [1.54, 1.807) is 35.3 Å². The van der Waals surface area contributed by atoms with Gasteiger partial charge in [0.2, 0.25) is 0 Å². The fourth-order valence-corrected chi connectivity index (χ4v) is 1.20. The summed E-state index contributed by atoms with van der Waals surface area (Å²) < 4.78 is 29.6. The molecule has 0 N–H and O–H groups in total. The van der Waals surface area contributed by atoms with Crippen LogP contribution in [0.4, 0.5) is 8.78 Å². The zero-order chi connectivity index (χ0) is 10.7. The zero-order valence-electron chi connectivity index (χ0n) is 7.68. The predicted molar refractivity (Wildman–Crippen MR) is 50.2 cm³/mol. The quantitative estimate of drug-likeness (QED) is 0.778. The van der Waals surface area contributed by atoms with Gasteiger partial charge in [-0.25, -0.2) is 4.68 Å². The highest BCUT2D eigenvalue weighted by atomic mass is 19.3. The Hall–Kier alpha value is -1.91. The Morgan fingerprint density at radius 2 is 1.93 bits per heavy atom. The minimum absolute atomic E-state index is 0.140. The van der Waals surface area contributed by atoms with Crippen LogP contribution in [0.5, 0.6) is 5.75 Å². The smallest absolute Gasteiger partial charge is 0.387 e. The molecule has 78 valence electrons. The Labute approximate surface area is 84.9 Å². The Kier molecular flexibility index (Phi) is 2.62. The van der Waals surface area contributed by atoms with Crippen molar-refractivity contribution >= 4 is 0 Å². The molecule has 0 atom stereocenters. The largest absolute Gasteiger partial charge is 0.435 e. The SMILES string of the molecule is FC(F)Oc1ccc(-n2cccn2)cc1. The third-order valence-electron chi connectivity index (χ3n) is 1.83. The van der Waals surface area contributed by atoms with E-state index in [0.29, 0.717) is 0 Å². The molecule has 1 aromatic heterocycles.